The molecule has 0 aliphatic heterocycles. The largest absolute Gasteiger partial charge is 0.192 e. The van der Waals surface area contributed by atoms with Crippen LogP contribution in [0.3, 0.4) is 0 Å². The molecule has 0 N–H and O–H groups in total. The molecule has 0 saturated heterocycles. The Balaban J connectivity index is 2.76. The number of allylic oxidation sites excluding steroid dienone is 2. The maximum atomic E-state index is 8.46. The van der Waals surface area contributed by atoms with Gasteiger partial charge in [-0.15, -0.1) is 0 Å². The average molecular weight is 169 g/mol. The fourth-order valence-corrected chi connectivity index (χ4v) is 0.912. The normalized spacial score (nSPS) is 9.85. The summed E-state index contributed by atoms with van der Waals surface area (Å²) in [5.41, 5.74) is 2.79. The highest BCUT2D eigenvalue weighted by Gasteiger charge is 1.86. The molecule has 0 aliphatic rings. The maximum Gasteiger partial charge on any atom is 0.0985 e. The molecule has 0 aromatic heterocycles. The minimum absolute atomic E-state index is 0.473. The van der Waals surface area contributed by atoms with Crippen LogP contribution in [-0.2, 0) is 0 Å². The van der Waals surface area contributed by atoms with Gasteiger partial charge in [0, 0.05) is 5.57 Å². The number of nitriles is 1. The van der Waals surface area contributed by atoms with Crippen molar-refractivity contribution < 1.29 is 0 Å². The molecule has 0 amide bonds. The fourth-order valence-electron chi connectivity index (χ4n) is 0.912. The van der Waals surface area contributed by atoms with Gasteiger partial charge < -0.3 is 0 Å². The first-order valence-corrected chi connectivity index (χ1v) is 4.06. The summed E-state index contributed by atoms with van der Waals surface area (Å²) in [6.45, 7) is 5.60. The topological polar surface area (TPSA) is 23.8 Å². The summed E-state index contributed by atoms with van der Waals surface area (Å²) in [5, 5.41) is 8.46. The molecular weight excluding hydrogens is 158 g/mol. The molecule has 1 rings (SSSR count). The molecule has 0 fully saturated rings. The zero-order chi connectivity index (χ0) is 9.68. The number of benzene rings is 1. The van der Waals surface area contributed by atoms with Gasteiger partial charge in [0.2, 0.25) is 0 Å². The predicted molar refractivity (Wildman–Crippen MR) is 55.0 cm³/mol. The van der Waals surface area contributed by atoms with E-state index in [0.717, 1.165) is 5.56 Å². The SMILES string of the molecule is C=C(C#N)/C=C/c1ccc(C)cc1. The van der Waals surface area contributed by atoms with Crippen LogP contribution in [0.2, 0.25) is 0 Å². The third-order valence-corrected chi connectivity index (χ3v) is 1.70. The van der Waals surface area contributed by atoms with Crippen molar-refractivity contribution in [2.75, 3.05) is 0 Å². The van der Waals surface area contributed by atoms with Crippen molar-refractivity contribution in [3.05, 3.63) is 53.6 Å². The Morgan fingerprint density at radius 3 is 2.54 bits per heavy atom. The van der Waals surface area contributed by atoms with Crippen molar-refractivity contribution in [1.82, 2.24) is 0 Å². The Hall–Kier alpha value is -1.81. The van der Waals surface area contributed by atoms with Crippen LogP contribution in [0.1, 0.15) is 11.1 Å². The molecule has 0 atom stereocenters. The number of nitrogens with zero attached hydrogens (tertiary/aromatic N) is 1. The first kappa shape index (κ1) is 9.28. The Morgan fingerprint density at radius 2 is 2.00 bits per heavy atom. The van der Waals surface area contributed by atoms with Gasteiger partial charge in [0.25, 0.3) is 0 Å². The predicted octanol–water partition coefficient (Wildman–Crippen LogP) is 3.09. The smallest absolute Gasteiger partial charge is 0.0985 e. The molecule has 1 aromatic carbocycles. The van der Waals surface area contributed by atoms with E-state index in [2.05, 4.69) is 6.58 Å². The first-order chi connectivity index (χ1) is 6.22. The third kappa shape index (κ3) is 2.96. The van der Waals surface area contributed by atoms with E-state index in [0.29, 0.717) is 5.57 Å². The van der Waals surface area contributed by atoms with Crippen LogP contribution in [0.25, 0.3) is 6.08 Å². The Labute approximate surface area is 78.6 Å². The van der Waals surface area contributed by atoms with E-state index in [1.807, 2.05) is 43.3 Å². The minimum atomic E-state index is 0.473. The molecule has 0 radical (unpaired) electrons. The molecular formula is C12H11N. The highest BCUT2D eigenvalue weighted by Crippen LogP contribution is 2.06. The van der Waals surface area contributed by atoms with Crippen LogP contribution in [0.5, 0.6) is 0 Å². The number of aryl methyl sites for hydroxylation is 1. The Kier molecular flexibility index (Phi) is 3.05. The maximum absolute atomic E-state index is 8.46. The lowest BCUT2D eigenvalue weighted by atomic mass is 10.1. The first-order valence-electron chi connectivity index (χ1n) is 4.06. The standard InChI is InChI=1S/C12H11N/c1-10-3-6-12(7-4-10)8-5-11(2)9-13/h3-8H,2H2,1H3/b8-5+. The highest BCUT2D eigenvalue weighted by molar-refractivity contribution is 5.54. The number of rotatable bonds is 2. The average Bonchev–Trinajstić information content (AvgIpc) is 2.16. The van der Waals surface area contributed by atoms with Gasteiger partial charge >= 0.3 is 0 Å². The van der Waals surface area contributed by atoms with Gasteiger partial charge in [0.15, 0.2) is 0 Å². The number of hydrogen-bond acceptors (Lipinski definition) is 1. The van der Waals surface area contributed by atoms with Gasteiger partial charge in [-0.25, -0.2) is 0 Å². The second kappa shape index (κ2) is 4.27. The quantitative estimate of drug-likeness (QED) is 0.493. The van der Waals surface area contributed by atoms with Gasteiger partial charge in [0.1, 0.15) is 0 Å². The summed E-state index contributed by atoms with van der Waals surface area (Å²) < 4.78 is 0. The Morgan fingerprint density at radius 1 is 1.38 bits per heavy atom. The van der Waals surface area contributed by atoms with E-state index in [4.69, 9.17) is 5.26 Å². The van der Waals surface area contributed by atoms with E-state index in [9.17, 15) is 0 Å². The van der Waals surface area contributed by atoms with Crippen molar-refractivity contribution in [3.8, 4) is 6.07 Å². The van der Waals surface area contributed by atoms with Crippen LogP contribution < -0.4 is 0 Å². The highest BCUT2D eigenvalue weighted by atomic mass is 14.2. The lowest BCUT2D eigenvalue weighted by Gasteiger charge is -1.93. The van der Waals surface area contributed by atoms with Crippen molar-refractivity contribution >= 4 is 6.08 Å². The molecule has 0 aliphatic carbocycles. The van der Waals surface area contributed by atoms with Gasteiger partial charge in [-0.1, -0.05) is 42.5 Å². The second-order valence-corrected chi connectivity index (χ2v) is 2.88. The lowest BCUT2D eigenvalue weighted by molar-refractivity contribution is 1.46. The summed E-state index contributed by atoms with van der Waals surface area (Å²) in [7, 11) is 0. The zero-order valence-corrected chi connectivity index (χ0v) is 7.62. The van der Waals surface area contributed by atoms with Crippen molar-refractivity contribution in [2.24, 2.45) is 0 Å². The van der Waals surface area contributed by atoms with Gasteiger partial charge in [0.05, 0.1) is 6.07 Å². The van der Waals surface area contributed by atoms with Gasteiger partial charge in [-0.05, 0) is 18.6 Å². The summed E-state index contributed by atoms with van der Waals surface area (Å²) in [6.07, 6.45) is 3.59. The summed E-state index contributed by atoms with van der Waals surface area (Å²) in [5.74, 6) is 0. The zero-order valence-electron chi connectivity index (χ0n) is 7.62. The van der Waals surface area contributed by atoms with Crippen molar-refractivity contribution in [3.63, 3.8) is 0 Å². The van der Waals surface area contributed by atoms with Crippen molar-refractivity contribution in [1.29, 1.82) is 5.26 Å². The molecule has 1 nitrogen and oxygen atoms in total. The number of hydrogen-bond donors (Lipinski definition) is 0. The lowest BCUT2D eigenvalue weighted by Crippen LogP contribution is -1.73. The summed E-state index contributed by atoms with van der Waals surface area (Å²) in [6, 6.07) is 10.1. The third-order valence-electron chi connectivity index (χ3n) is 1.70. The molecule has 0 unspecified atom stereocenters. The van der Waals surface area contributed by atoms with Crippen LogP contribution in [-0.4, -0.2) is 0 Å². The molecule has 0 heterocycles. The van der Waals surface area contributed by atoms with E-state index < -0.39 is 0 Å². The van der Waals surface area contributed by atoms with Gasteiger partial charge in [-0.3, -0.25) is 0 Å². The van der Waals surface area contributed by atoms with E-state index in [-0.39, 0.29) is 0 Å². The molecule has 64 valence electrons. The molecule has 1 aromatic rings. The molecule has 13 heavy (non-hydrogen) atoms. The monoisotopic (exact) mass is 169 g/mol. The van der Waals surface area contributed by atoms with Crippen LogP contribution in [0.15, 0.2) is 42.5 Å². The molecule has 0 spiro atoms. The van der Waals surface area contributed by atoms with E-state index >= 15 is 0 Å². The second-order valence-electron chi connectivity index (χ2n) is 2.88. The Bertz CT molecular complexity index is 363. The van der Waals surface area contributed by atoms with Gasteiger partial charge in [-0.2, -0.15) is 5.26 Å². The van der Waals surface area contributed by atoms with Crippen molar-refractivity contribution in [2.45, 2.75) is 6.92 Å². The fraction of sp³-hybridized carbons (Fsp3) is 0.0833. The van der Waals surface area contributed by atoms with E-state index in [1.165, 1.54) is 5.56 Å². The summed E-state index contributed by atoms with van der Waals surface area (Å²) >= 11 is 0. The molecule has 0 bridgehead atoms. The molecule has 0 saturated carbocycles. The van der Waals surface area contributed by atoms with E-state index in [1.54, 1.807) is 6.08 Å². The minimum Gasteiger partial charge on any atom is -0.192 e. The van der Waals surface area contributed by atoms with Crippen LogP contribution in [0.4, 0.5) is 0 Å². The summed E-state index contributed by atoms with van der Waals surface area (Å²) in [4.78, 5) is 0. The van der Waals surface area contributed by atoms with Crippen LogP contribution >= 0.6 is 0 Å². The molecule has 1 heteroatoms. The van der Waals surface area contributed by atoms with Crippen LogP contribution in [0, 0.1) is 18.3 Å².